The summed E-state index contributed by atoms with van der Waals surface area (Å²) in [7, 11) is 0. The maximum absolute atomic E-state index is 13.1. The minimum atomic E-state index is -2.83. The lowest BCUT2D eigenvalue weighted by atomic mass is 9.78. The van der Waals surface area contributed by atoms with Gasteiger partial charge in [0, 0.05) is 19.3 Å². The number of nitrogens with zero attached hydrogens (tertiary/aromatic N) is 4. The highest BCUT2D eigenvalue weighted by Gasteiger charge is 2.43. The van der Waals surface area contributed by atoms with Crippen molar-refractivity contribution in [3.8, 4) is 6.07 Å². The average molecular weight is 326 g/mol. The van der Waals surface area contributed by atoms with Gasteiger partial charge in [-0.3, -0.25) is 0 Å². The van der Waals surface area contributed by atoms with Crippen LogP contribution < -0.4 is 0 Å². The number of likely N-dealkylation sites (tertiary alicyclic amines) is 1. The molecule has 1 aliphatic heterocycles. The predicted molar refractivity (Wildman–Crippen MR) is 77.8 cm³/mol. The van der Waals surface area contributed by atoms with Crippen molar-refractivity contribution in [3.05, 3.63) is 18.0 Å². The van der Waals surface area contributed by atoms with E-state index in [0.717, 1.165) is 0 Å². The van der Waals surface area contributed by atoms with Crippen LogP contribution in [0.1, 0.15) is 45.9 Å². The van der Waals surface area contributed by atoms with Gasteiger partial charge in [-0.05, 0) is 39.7 Å². The van der Waals surface area contributed by atoms with E-state index in [4.69, 9.17) is 4.74 Å². The standard InChI is InChI=1S/C15H20F2N4O2/c1-14(2,3)23-13(22)20-8-4-6-15(9-18,10-20)11-5-7-19-21(11)12(16)17/h5,7,12H,4,6,8,10H2,1-3H3. The summed E-state index contributed by atoms with van der Waals surface area (Å²) in [6.45, 7) is 2.86. The molecule has 0 spiro atoms. The number of nitriles is 1. The topological polar surface area (TPSA) is 71.2 Å². The Labute approximate surface area is 133 Å². The summed E-state index contributed by atoms with van der Waals surface area (Å²) < 4.78 is 32.0. The number of rotatable bonds is 2. The van der Waals surface area contributed by atoms with E-state index in [9.17, 15) is 18.8 Å². The van der Waals surface area contributed by atoms with Crippen molar-refractivity contribution >= 4 is 6.09 Å². The fourth-order valence-corrected chi connectivity index (χ4v) is 2.74. The Morgan fingerprint density at radius 3 is 2.78 bits per heavy atom. The highest BCUT2D eigenvalue weighted by Crippen LogP contribution is 2.35. The zero-order valence-electron chi connectivity index (χ0n) is 13.4. The number of alkyl halides is 2. The quantitative estimate of drug-likeness (QED) is 0.837. The second-order valence-electron chi connectivity index (χ2n) is 6.64. The molecule has 6 nitrogen and oxygen atoms in total. The molecular weight excluding hydrogens is 306 g/mol. The van der Waals surface area contributed by atoms with Crippen LogP contribution in [-0.4, -0.2) is 39.5 Å². The van der Waals surface area contributed by atoms with E-state index in [0.29, 0.717) is 24.1 Å². The second kappa shape index (κ2) is 6.14. The van der Waals surface area contributed by atoms with Crippen LogP contribution in [0.25, 0.3) is 0 Å². The predicted octanol–water partition coefficient (Wildman–Crippen LogP) is 3.07. The Hall–Kier alpha value is -2.17. The number of carbonyl (C=O) groups excluding carboxylic acids is 1. The van der Waals surface area contributed by atoms with Crippen LogP contribution in [0.4, 0.5) is 13.6 Å². The van der Waals surface area contributed by atoms with E-state index in [1.165, 1.54) is 17.2 Å². The summed E-state index contributed by atoms with van der Waals surface area (Å²) in [6.07, 6.45) is 1.62. The fourth-order valence-electron chi connectivity index (χ4n) is 2.74. The minimum absolute atomic E-state index is 0.0107. The number of hydrogen-bond acceptors (Lipinski definition) is 4. The molecule has 0 saturated carbocycles. The summed E-state index contributed by atoms with van der Waals surface area (Å²) >= 11 is 0. The summed E-state index contributed by atoms with van der Waals surface area (Å²) in [4.78, 5) is 13.6. The zero-order chi connectivity index (χ0) is 17.3. The van der Waals surface area contributed by atoms with E-state index >= 15 is 0 Å². The third kappa shape index (κ3) is 3.60. The molecule has 1 unspecified atom stereocenters. The Balaban J connectivity index is 2.28. The first-order chi connectivity index (χ1) is 10.7. The highest BCUT2D eigenvalue weighted by molar-refractivity contribution is 5.68. The van der Waals surface area contributed by atoms with Gasteiger partial charge in [-0.1, -0.05) is 0 Å². The molecule has 1 aromatic heterocycles. The molecule has 1 aromatic rings. The largest absolute Gasteiger partial charge is 0.444 e. The summed E-state index contributed by atoms with van der Waals surface area (Å²) in [6, 6.07) is 3.53. The van der Waals surface area contributed by atoms with Gasteiger partial charge in [0.15, 0.2) is 0 Å². The van der Waals surface area contributed by atoms with Crippen molar-refractivity contribution in [2.24, 2.45) is 0 Å². The van der Waals surface area contributed by atoms with Crippen molar-refractivity contribution in [3.63, 3.8) is 0 Å². The lowest BCUT2D eigenvalue weighted by molar-refractivity contribution is 0.0142. The number of amides is 1. The summed E-state index contributed by atoms with van der Waals surface area (Å²) in [5.74, 6) is 0. The Kier molecular flexibility index (Phi) is 4.59. The van der Waals surface area contributed by atoms with Crippen LogP contribution in [0.3, 0.4) is 0 Å². The Bertz CT molecular complexity index is 618. The van der Waals surface area contributed by atoms with Gasteiger partial charge < -0.3 is 9.64 Å². The molecular formula is C15H20F2N4O2. The molecule has 2 heterocycles. The molecule has 0 radical (unpaired) electrons. The zero-order valence-corrected chi connectivity index (χ0v) is 13.4. The maximum atomic E-state index is 13.1. The molecule has 0 N–H and O–H groups in total. The van der Waals surface area contributed by atoms with Crippen LogP contribution in [0.5, 0.6) is 0 Å². The van der Waals surface area contributed by atoms with Crippen molar-refractivity contribution in [2.45, 2.75) is 51.2 Å². The van der Waals surface area contributed by atoms with Crippen molar-refractivity contribution in [1.29, 1.82) is 5.26 Å². The molecule has 1 aliphatic rings. The fraction of sp³-hybridized carbons (Fsp3) is 0.667. The molecule has 1 amide bonds. The van der Waals surface area contributed by atoms with Crippen LogP contribution >= 0.6 is 0 Å². The van der Waals surface area contributed by atoms with E-state index in [1.54, 1.807) is 20.8 Å². The lowest BCUT2D eigenvalue weighted by Gasteiger charge is -2.38. The third-order valence-corrected chi connectivity index (χ3v) is 3.70. The molecule has 0 aromatic carbocycles. The third-order valence-electron chi connectivity index (χ3n) is 3.70. The number of aromatic nitrogens is 2. The van der Waals surface area contributed by atoms with Gasteiger partial charge in [0.25, 0.3) is 0 Å². The molecule has 8 heteroatoms. The molecule has 1 fully saturated rings. The monoisotopic (exact) mass is 326 g/mol. The van der Waals surface area contributed by atoms with Crippen LogP contribution in [0.2, 0.25) is 0 Å². The van der Waals surface area contributed by atoms with Gasteiger partial charge in [0.2, 0.25) is 0 Å². The van der Waals surface area contributed by atoms with Crippen molar-refractivity contribution in [2.75, 3.05) is 13.1 Å². The van der Waals surface area contributed by atoms with E-state index < -0.39 is 23.7 Å². The van der Waals surface area contributed by atoms with Crippen LogP contribution in [-0.2, 0) is 10.2 Å². The molecule has 23 heavy (non-hydrogen) atoms. The van der Waals surface area contributed by atoms with Crippen molar-refractivity contribution in [1.82, 2.24) is 14.7 Å². The first-order valence-electron chi connectivity index (χ1n) is 7.40. The van der Waals surface area contributed by atoms with Gasteiger partial charge in [-0.2, -0.15) is 19.1 Å². The summed E-state index contributed by atoms with van der Waals surface area (Å²) in [5.41, 5.74) is -1.74. The van der Waals surface area contributed by atoms with E-state index in [1.807, 2.05) is 0 Å². The van der Waals surface area contributed by atoms with Crippen LogP contribution in [0.15, 0.2) is 12.3 Å². The van der Waals surface area contributed by atoms with E-state index in [-0.39, 0.29) is 12.2 Å². The molecule has 0 bridgehead atoms. The first kappa shape index (κ1) is 17.2. The molecule has 1 atom stereocenters. The second-order valence-corrected chi connectivity index (χ2v) is 6.64. The van der Waals surface area contributed by atoms with Gasteiger partial charge in [0.1, 0.15) is 11.0 Å². The molecule has 2 rings (SSSR count). The smallest absolute Gasteiger partial charge is 0.410 e. The Morgan fingerprint density at radius 1 is 1.52 bits per heavy atom. The number of piperidine rings is 1. The van der Waals surface area contributed by atoms with Gasteiger partial charge >= 0.3 is 12.6 Å². The average Bonchev–Trinajstić information content (AvgIpc) is 2.95. The maximum Gasteiger partial charge on any atom is 0.410 e. The summed E-state index contributed by atoms with van der Waals surface area (Å²) in [5, 5.41) is 13.2. The molecule has 0 aliphatic carbocycles. The van der Waals surface area contributed by atoms with Gasteiger partial charge in [-0.15, -0.1) is 0 Å². The SMILES string of the molecule is CC(C)(C)OC(=O)N1CCCC(C#N)(c2ccnn2C(F)F)C1. The first-order valence-corrected chi connectivity index (χ1v) is 7.40. The van der Waals surface area contributed by atoms with Crippen molar-refractivity contribution < 1.29 is 18.3 Å². The minimum Gasteiger partial charge on any atom is -0.444 e. The lowest BCUT2D eigenvalue weighted by Crippen LogP contribution is -2.50. The van der Waals surface area contributed by atoms with Gasteiger partial charge in [0.05, 0.1) is 11.8 Å². The van der Waals surface area contributed by atoms with Gasteiger partial charge in [-0.25, -0.2) is 9.48 Å². The number of ether oxygens (including phenoxy) is 1. The highest BCUT2D eigenvalue weighted by atomic mass is 19.3. The number of hydrogen-bond donors (Lipinski definition) is 0. The van der Waals surface area contributed by atoms with E-state index in [2.05, 4.69) is 11.2 Å². The Morgan fingerprint density at radius 2 is 2.22 bits per heavy atom. The molecule has 1 saturated heterocycles. The van der Waals surface area contributed by atoms with Crippen LogP contribution in [0, 0.1) is 11.3 Å². The number of halogens is 2. The molecule has 126 valence electrons. The number of carbonyl (C=O) groups is 1. The normalized spacial score (nSPS) is 22.0.